The van der Waals surface area contributed by atoms with Crippen molar-refractivity contribution in [1.29, 1.82) is 0 Å². The highest BCUT2D eigenvalue weighted by Crippen LogP contribution is 2.31. The number of piperazine rings is 1. The first kappa shape index (κ1) is 19.8. The second kappa shape index (κ2) is 7.83. The molecule has 7 nitrogen and oxygen atoms in total. The highest BCUT2D eigenvalue weighted by molar-refractivity contribution is 6.34. The molecule has 2 aromatic heterocycles. The Bertz CT molecular complexity index is 1260. The summed E-state index contributed by atoms with van der Waals surface area (Å²) < 4.78 is 1.81. The van der Waals surface area contributed by atoms with E-state index in [9.17, 15) is 4.79 Å². The molecule has 1 fully saturated rings. The zero-order chi connectivity index (χ0) is 21.5. The van der Waals surface area contributed by atoms with Crippen molar-refractivity contribution in [2.75, 3.05) is 31.1 Å². The van der Waals surface area contributed by atoms with E-state index in [1.54, 1.807) is 0 Å². The molecule has 0 spiro atoms. The maximum Gasteiger partial charge on any atom is 0.239 e. The minimum atomic E-state index is -0.428. The minimum Gasteiger partial charge on any atom is -0.368 e. The molecule has 0 saturated carbocycles. The molecule has 2 aromatic carbocycles. The average molecular weight is 435 g/mol. The molecule has 3 heterocycles. The second-order valence-corrected chi connectivity index (χ2v) is 8.20. The van der Waals surface area contributed by atoms with Crippen LogP contribution in [0.2, 0.25) is 5.02 Å². The number of carbonyl (C=O) groups excluding carboxylic acids is 1. The molecule has 1 atom stereocenters. The smallest absolute Gasteiger partial charge is 0.239 e. The quantitative estimate of drug-likeness (QED) is 0.533. The molecular formula is C23H23ClN6O. The number of hydrogen-bond acceptors (Lipinski definition) is 5. The summed E-state index contributed by atoms with van der Waals surface area (Å²) in [5.41, 5.74) is 9.09. The number of aryl methyl sites for hydroxylation is 1. The van der Waals surface area contributed by atoms with Gasteiger partial charge in [0.25, 0.3) is 0 Å². The van der Waals surface area contributed by atoms with Crippen molar-refractivity contribution < 1.29 is 4.79 Å². The predicted octanol–water partition coefficient (Wildman–Crippen LogP) is 3.19. The number of hydrogen-bond donors (Lipinski definition) is 1. The summed E-state index contributed by atoms with van der Waals surface area (Å²) in [6.07, 6.45) is 0. The molecule has 0 aliphatic carbocycles. The van der Waals surface area contributed by atoms with Crippen LogP contribution in [-0.4, -0.2) is 51.6 Å². The Labute approximate surface area is 185 Å². The third-order valence-corrected chi connectivity index (χ3v) is 6.36. The molecule has 8 heteroatoms. The van der Waals surface area contributed by atoms with Crippen molar-refractivity contribution in [2.45, 2.75) is 13.0 Å². The van der Waals surface area contributed by atoms with Crippen molar-refractivity contribution in [1.82, 2.24) is 19.5 Å². The Morgan fingerprint density at radius 1 is 1.03 bits per heavy atom. The zero-order valence-corrected chi connectivity index (χ0v) is 18.0. The Kier molecular flexibility index (Phi) is 5.00. The molecule has 1 saturated heterocycles. The number of carbonyl (C=O) groups is 1. The SMILES string of the molecule is Cc1nn2c(nc(N3CCN([C@@H](C(N)=O)c4ccccc4)CC3)c3ccccc32)c1Cl. The Morgan fingerprint density at radius 2 is 1.71 bits per heavy atom. The number of halogens is 1. The minimum absolute atomic E-state index is 0.328. The largest absolute Gasteiger partial charge is 0.368 e. The number of para-hydroxylation sites is 1. The summed E-state index contributed by atoms with van der Waals surface area (Å²) in [5.74, 6) is 0.561. The topological polar surface area (TPSA) is 79.8 Å². The van der Waals surface area contributed by atoms with Crippen molar-refractivity contribution in [3.8, 4) is 0 Å². The van der Waals surface area contributed by atoms with Crippen LogP contribution in [0.3, 0.4) is 0 Å². The van der Waals surface area contributed by atoms with E-state index in [4.69, 9.17) is 22.3 Å². The lowest BCUT2D eigenvalue weighted by Crippen LogP contribution is -2.50. The van der Waals surface area contributed by atoms with Gasteiger partial charge in [0.05, 0.1) is 11.2 Å². The number of fused-ring (bicyclic) bond motifs is 3. The highest BCUT2D eigenvalue weighted by atomic mass is 35.5. The summed E-state index contributed by atoms with van der Waals surface area (Å²) >= 11 is 6.50. The zero-order valence-electron chi connectivity index (χ0n) is 17.2. The van der Waals surface area contributed by atoms with Gasteiger partial charge in [0.1, 0.15) is 16.9 Å². The Morgan fingerprint density at radius 3 is 2.42 bits per heavy atom. The van der Waals surface area contributed by atoms with E-state index < -0.39 is 6.04 Å². The number of primary amides is 1. The number of nitrogens with zero attached hydrogens (tertiary/aromatic N) is 5. The van der Waals surface area contributed by atoms with E-state index in [1.807, 2.05) is 60.0 Å². The molecule has 1 aliphatic rings. The number of nitrogens with two attached hydrogens (primary N) is 1. The van der Waals surface area contributed by atoms with Crippen LogP contribution in [0.1, 0.15) is 17.3 Å². The lowest BCUT2D eigenvalue weighted by molar-refractivity contribution is -0.123. The first-order valence-electron chi connectivity index (χ1n) is 10.3. The van der Waals surface area contributed by atoms with Gasteiger partial charge in [-0.25, -0.2) is 9.50 Å². The number of rotatable bonds is 4. The van der Waals surface area contributed by atoms with Crippen LogP contribution < -0.4 is 10.6 Å². The summed E-state index contributed by atoms with van der Waals surface area (Å²) in [7, 11) is 0. The van der Waals surface area contributed by atoms with Crippen LogP contribution in [0, 0.1) is 6.92 Å². The van der Waals surface area contributed by atoms with Crippen LogP contribution in [0.15, 0.2) is 54.6 Å². The molecule has 0 radical (unpaired) electrons. The molecule has 0 bridgehead atoms. The van der Waals surface area contributed by atoms with E-state index in [0.29, 0.717) is 23.8 Å². The van der Waals surface area contributed by atoms with Crippen LogP contribution in [0.4, 0.5) is 5.82 Å². The van der Waals surface area contributed by atoms with Crippen molar-refractivity contribution in [3.05, 3.63) is 70.9 Å². The lowest BCUT2D eigenvalue weighted by atomic mass is 10.0. The molecule has 158 valence electrons. The van der Waals surface area contributed by atoms with Gasteiger partial charge in [-0.15, -0.1) is 0 Å². The van der Waals surface area contributed by atoms with Gasteiger partial charge in [0, 0.05) is 31.6 Å². The predicted molar refractivity (Wildman–Crippen MR) is 122 cm³/mol. The van der Waals surface area contributed by atoms with Crippen molar-refractivity contribution in [3.63, 3.8) is 0 Å². The van der Waals surface area contributed by atoms with E-state index in [2.05, 4.69) is 21.0 Å². The fraction of sp³-hybridized carbons (Fsp3) is 0.261. The third-order valence-electron chi connectivity index (χ3n) is 5.91. The van der Waals surface area contributed by atoms with E-state index in [-0.39, 0.29) is 5.91 Å². The molecule has 4 aromatic rings. The second-order valence-electron chi connectivity index (χ2n) is 7.83. The molecule has 0 unspecified atom stereocenters. The van der Waals surface area contributed by atoms with Crippen molar-refractivity contribution in [2.24, 2.45) is 5.73 Å². The maximum absolute atomic E-state index is 12.2. The standard InChI is InChI=1S/C23H23ClN6O/c1-15-19(24)23-26-22(17-9-5-6-10-18(17)30(23)27-15)29-13-11-28(12-14-29)20(21(25)31)16-7-3-2-4-8-16/h2-10,20H,11-14H2,1H3,(H2,25,31)/t20-/m1/s1. The van der Waals surface area contributed by atoms with Gasteiger partial charge >= 0.3 is 0 Å². The average Bonchev–Trinajstić information content (AvgIpc) is 3.08. The van der Waals surface area contributed by atoms with E-state index >= 15 is 0 Å². The number of aromatic nitrogens is 3. The van der Waals surface area contributed by atoms with Gasteiger partial charge in [-0.2, -0.15) is 5.10 Å². The third kappa shape index (κ3) is 3.40. The Hall–Kier alpha value is -3.16. The normalized spacial score (nSPS) is 16.1. The first-order valence-corrected chi connectivity index (χ1v) is 10.7. The highest BCUT2D eigenvalue weighted by Gasteiger charge is 2.30. The van der Waals surface area contributed by atoms with Gasteiger partial charge in [0.2, 0.25) is 5.91 Å². The molecule has 31 heavy (non-hydrogen) atoms. The maximum atomic E-state index is 12.2. The molecule has 5 rings (SSSR count). The van der Waals surface area contributed by atoms with Gasteiger partial charge in [-0.1, -0.05) is 54.1 Å². The number of amides is 1. The first-order chi connectivity index (χ1) is 15.0. The lowest BCUT2D eigenvalue weighted by Gasteiger charge is -2.39. The molecule has 2 N–H and O–H groups in total. The Balaban J connectivity index is 1.48. The van der Waals surface area contributed by atoms with Gasteiger partial charge in [0.15, 0.2) is 5.65 Å². The fourth-order valence-corrected chi connectivity index (χ4v) is 4.55. The molecular weight excluding hydrogens is 412 g/mol. The monoisotopic (exact) mass is 434 g/mol. The summed E-state index contributed by atoms with van der Waals surface area (Å²) in [6.45, 7) is 4.76. The van der Waals surface area contributed by atoms with Crippen molar-refractivity contribution >= 4 is 39.9 Å². The van der Waals surface area contributed by atoms with Gasteiger partial charge < -0.3 is 10.6 Å². The van der Waals surface area contributed by atoms with Crippen LogP contribution in [-0.2, 0) is 4.79 Å². The summed E-state index contributed by atoms with van der Waals surface area (Å²) in [6, 6.07) is 17.4. The van der Waals surface area contributed by atoms with Crippen LogP contribution in [0.25, 0.3) is 16.6 Å². The van der Waals surface area contributed by atoms with Gasteiger partial charge in [-0.3, -0.25) is 9.69 Å². The van der Waals surface area contributed by atoms with Gasteiger partial charge in [-0.05, 0) is 24.6 Å². The summed E-state index contributed by atoms with van der Waals surface area (Å²) in [5, 5.41) is 6.16. The van der Waals surface area contributed by atoms with E-state index in [1.165, 1.54) is 0 Å². The van der Waals surface area contributed by atoms with Crippen LogP contribution >= 0.6 is 11.6 Å². The fourth-order valence-electron chi connectivity index (χ4n) is 4.39. The van der Waals surface area contributed by atoms with Crippen LogP contribution in [0.5, 0.6) is 0 Å². The molecule has 1 amide bonds. The molecule has 1 aliphatic heterocycles. The van der Waals surface area contributed by atoms with E-state index in [0.717, 1.165) is 41.1 Å². The number of anilines is 1. The number of benzene rings is 2. The summed E-state index contributed by atoms with van der Waals surface area (Å²) in [4.78, 5) is 21.5.